The Balaban J connectivity index is 0.00000259. The van der Waals surface area contributed by atoms with Gasteiger partial charge in [-0.1, -0.05) is 48.5 Å². The summed E-state index contributed by atoms with van der Waals surface area (Å²) in [5.74, 6) is -0.993. The summed E-state index contributed by atoms with van der Waals surface area (Å²) in [6.07, 6.45) is 4.00. The summed E-state index contributed by atoms with van der Waals surface area (Å²) < 4.78 is 2.86. The number of hydrogen-bond acceptors (Lipinski definition) is 5. The molecule has 0 aliphatic heterocycles. The molecule has 0 aliphatic rings. The number of carboxylic acid groups (broad SMARTS) is 1. The average Bonchev–Trinajstić information content (AvgIpc) is 3.47. The molecule has 0 saturated heterocycles. The van der Waals surface area contributed by atoms with Crippen LogP contribution in [0.1, 0.15) is 28.9 Å². The Hall–Kier alpha value is -4.18. The van der Waals surface area contributed by atoms with Crippen molar-refractivity contribution in [2.24, 2.45) is 0 Å². The van der Waals surface area contributed by atoms with Crippen molar-refractivity contribution in [3.63, 3.8) is 0 Å². The third kappa shape index (κ3) is 4.03. The predicted octanol–water partition coefficient (Wildman–Crippen LogP) is 3.39. The molecule has 5 rings (SSSR count). The molecule has 5 aromatic rings. The number of nitrogens with zero attached hydrogens (tertiary/aromatic N) is 5. The summed E-state index contributed by atoms with van der Waals surface area (Å²) >= 11 is 0. The van der Waals surface area contributed by atoms with Gasteiger partial charge >= 0.3 is 5.97 Å². The number of carboxylic acids is 1. The number of aromatic carboxylic acids is 1. The van der Waals surface area contributed by atoms with Crippen LogP contribution in [0.3, 0.4) is 0 Å². The smallest absolute Gasteiger partial charge is 0.338 e. The summed E-state index contributed by atoms with van der Waals surface area (Å²) in [4.78, 5) is 31.1. The van der Waals surface area contributed by atoms with Crippen LogP contribution in [0, 0.1) is 0 Å². The molecule has 0 unspecified atom stereocenters. The van der Waals surface area contributed by atoms with Crippen molar-refractivity contribution >= 4 is 30.5 Å². The second-order valence-electron chi connectivity index (χ2n) is 7.36. The Morgan fingerprint density at radius 1 is 1.03 bits per heavy atom. The average molecular weight is 461 g/mol. The minimum atomic E-state index is -1.11. The molecule has 9 nitrogen and oxygen atoms in total. The highest BCUT2D eigenvalue weighted by molar-refractivity contribution is 7.59. The lowest BCUT2D eigenvalue weighted by atomic mass is 10.0. The number of aromatic amines is 1. The minimum Gasteiger partial charge on any atom is -0.478 e. The third-order valence-corrected chi connectivity index (χ3v) is 5.33. The highest BCUT2D eigenvalue weighted by Crippen LogP contribution is 2.26. The van der Waals surface area contributed by atoms with Gasteiger partial charge in [-0.25, -0.2) is 14.5 Å². The first-order chi connectivity index (χ1) is 15.5. The van der Waals surface area contributed by atoms with Crippen LogP contribution in [0.4, 0.5) is 0 Å². The molecule has 0 radical (unpaired) electrons. The largest absolute Gasteiger partial charge is 0.478 e. The zero-order valence-electron chi connectivity index (χ0n) is 17.5. The lowest BCUT2D eigenvalue weighted by Crippen LogP contribution is -2.19. The van der Waals surface area contributed by atoms with Crippen LogP contribution in [0.2, 0.25) is 0 Å². The molecule has 0 spiro atoms. The quantitative estimate of drug-likeness (QED) is 0.415. The molecule has 3 aromatic heterocycles. The van der Waals surface area contributed by atoms with E-state index in [0.29, 0.717) is 11.0 Å². The predicted molar refractivity (Wildman–Crippen MR) is 128 cm³/mol. The van der Waals surface area contributed by atoms with Crippen molar-refractivity contribution in [1.29, 1.82) is 0 Å². The molecule has 2 N–H and O–H groups in total. The first-order valence-corrected chi connectivity index (χ1v) is 9.92. The topological polar surface area (TPSA) is 119 Å². The van der Waals surface area contributed by atoms with E-state index in [4.69, 9.17) is 5.11 Å². The summed E-state index contributed by atoms with van der Waals surface area (Å²) in [5, 5.41) is 17.5. The Morgan fingerprint density at radius 2 is 1.79 bits per heavy atom. The number of nitrogens with one attached hydrogen (secondary N) is 1. The number of rotatable bonds is 5. The standard InChI is InChI=1S/C23H18N6O3.H2S/c1-14(16-8-5-9-17(10-16)15-6-3-2-4-7-15)29-20-19(12-25-29)26-23(27-21(20)30)28-13-18(11-24-28)22(31)32;/h2-14H,1H3,(H,31,32)(H,26,27,30);1H2/t14-;/m0./s1. The molecular weight excluding hydrogens is 440 g/mol. The number of carbonyl (C=O) groups is 1. The third-order valence-electron chi connectivity index (χ3n) is 5.33. The fourth-order valence-corrected chi connectivity index (χ4v) is 3.66. The Kier molecular flexibility index (Phi) is 5.84. The maximum Gasteiger partial charge on any atom is 0.338 e. The molecule has 3 heterocycles. The fraction of sp³-hybridized carbons (Fsp3) is 0.0870. The molecule has 0 bridgehead atoms. The first kappa shape index (κ1) is 22.0. The first-order valence-electron chi connectivity index (χ1n) is 9.92. The van der Waals surface area contributed by atoms with Crippen molar-refractivity contribution < 1.29 is 9.90 Å². The Morgan fingerprint density at radius 3 is 2.52 bits per heavy atom. The van der Waals surface area contributed by atoms with Gasteiger partial charge in [0.25, 0.3) is 5.56 Å². The Bertz CT molecular complexity index is 1510. The number of aromatic nitrogens is 6. The molecule has 0 amide bonds. The summed E-state index contributed by atoms with van der Waals surface area (Å²) in [5.41, 5.74) is 3.51. The van der Waals surface area contributed by atoms with E-state index in [2.05, 4.69) is 26.2 Å². The molecule has 166 valence electrons. The second kappa shape index (κ2) is 8.75. The molecule has 0 aliphatic carbocycles. The van der Waals surface area contributed by atoms with Gasteiger partial charge in [-0.3, -0.25) is 14.5 Å². The minimum absolute atomic E-state index is 0. The summed E-state index contributed by atoms with van der Waals surface area (Å²) in [6.45, 7) is 1.97. The lowest BCUT2D eigenvalue weighted by molar-refractivity contribution is 0.0697. The molecule has 0 saturated carbocycles. The SMILES string of the molecule is C[C@@H](c1cccc(-c2ccccc2)c1)n1ncc2nc(-n3cc(C(=O)O)cn3)[nH]c(=O)c21.S. The summed E-state index contributed by atoms with van der Waals surface area (Å²) in [6, 6.07) is 18.0. The van der Waals surface area contributed by atoms with Crippen LogP contribution in [-0.4, -0.2) is 40.6 Å². The van der Waals surface area contributed by atoms with Crippen LogP contribution >= 0.6 is 13.5 Å². The van der Waals surface area contributed by atoms with Crippen LogP contribution in [0.15, 0.2) is 78.0 Å². The fourth-order valence-electron chi connectivity index (χ4n) is 3.66. The number of fused-ring (bicyclic) bond motifs is 1. The summed E-state index contributed by atoms with van der Waals surface area (Å²) in [7, 11) is 0. The second-order valence-corrected chi connectivity index (χ2v) is 7.36. The van der Waals surface area contributed by atoms with E-state index < -0.39 is 5.97 Å². The van der Waals surface area contributed by atoms with Crippen molar-refractivity contribution in [1.82, 2.24) is 29.5 Å². The van der Waals surface area contributed by atoms with Gasteiger partial charge in [0.2, 0.25) is 5.95 Å². The zero-order valence-corrected chi connectivity index (χ0v) is 18.5. The van der Waals surface area contributed by atoms with Crippen LogP contribution < -0.4 is 5.56 Å². The number of benzene rings is 2. The zero-order chi connectivity index (χ0) is 22.2. The van der Waals surface area contributed by atoms with E-state index in [0.717, 1.165) is 16.7 Å². The maximum absolute atomic E-state index is 12.9. The van der Waals surface area contributed by atoms with Crippen molar-refractivity contribution in [2.75, 3.05) is 0 Å². The molecule has 0 fully saturated rings. The van der Waals surface area contributed by atoms with Gasteiger partial charge in [-0.05, 0) is 29.7 Å². The van der Waals surface area contributed by atoms with E-state index in [9.17, 15) is 9.59 Å². The van der Waals surface area contributed by atoms with E-state index in [1.54, 1.807) is 4.68 Å². The maximum atomic E-state index is 12.9. The van der Waals surface area contributed by atoms with Gasteiger partial charge in [-0.2, -0.15) is 23.7 Å². The normalized spacial score (nSPS) is 11.8. The van der Waals surface area contributed by atoms with Crippen LogP contribution in [-0.2, 0) is 0 Å². The van der Waals surface area contributed by atoms with E-state index in [1.807, 2.05) is 55.5 Å². The number of H-pyrrole nitrogens is 1. The van der Waals surface area contributed by atoms with Gasteiger partial charge in [0.15, 0.2) is 5.52 Å². The van der Waals surface area contributed by atoms with Gasteiger partial charge in [0, 0.05) is 6.20 Å². The van der Waals surface area contributed by atoms with E-state index in [1.165, 1.54) is 23.3 Å². The van der Waals surface area contributed by atoms with E-state index in [-0.39, 0.29) is 36.6 Å². The highest BCUT2D eigenvalue weighted by atomic mass is 32.1. The van der Waals surface area contributed by atoms with Gasteiger partial charge in [0.05, 0.1) is 24.0 Å². The molecular formula is C23H20N6O3S. The van der Waals surface area contributed by atoms with Gasteiger partial charge < -0.3 is 5.11 Å². The van der Waals surface area contributed by atoms with Gasteiger partial charge in [-0.15, -0.1) is 0 Å². The van der Waals surface area contributed by atoms with Crippen molar-refractivity contribution in [3.8, 4) is 17.1 Å². The molecule has 33 heavy (non-hydrogen) atoms. The van der Waals surface area contributed by atoms with Crippen molar-refractivity contribution in [3.05, 3.63) is 94.7 Å². The van der Waals surface area contributed by atoms with E-state index >= 15 is 0 Å². The van der Waals surface area contributed by atoms with Crippen LogP contribution in [0.25, 0.3) is 28.1 Å². The molecule has 2 aromatic carbocycles. The van der Waals surface area contributed by atoms with Gasteiger partial charge in [0.1, 0.15) is 5.52 Å². The lowest BCUT2D eigenvalue weighted by Gasteiger charge is -2.15. The monoisotopic (exact) mass is 460 g/mol. The van der Waals surface area contributed by atoms with Crippen LogP contribution in [0.5, 0.6) is 0 Å². The molecule has 10 heteroatoms. The molecule has 1 atom stereocenters. The number of hydrogen-bond donors (Lipinski definition) is 2. The highest BCUT2D eigenvalue weighted by Gasteiger charge is 2.18. The Labute approximate surface area is 194 Å². The van der Waals surface area contributed by atoms with Crippen molar-refractivity contribution in [2.45, 2.75) is 13.0 Å².